The summed E-state index contributed by atoms with van der Waals surface area (Å²) in [5.74, 6) is 0.417. The third kappa shape index (κ3) is 5.31. The number of thiazole rings is 1. The molecular weight excluding hydrogens is 462 g/mol. The molecule has 160 valence electrons. The zero-order chi connectivity index (χ0) is 22.5. The molecule has 1 heterocycles. The molecule has 2 N–H and O–H groups in total. The first-order chi connectivity index (χ1) is 15.5. The van der Waals surface area contributed by atoms with E-state index in [2.05, 4.69) is 15.6 Å². The molecule has 1 amide bonds. The van der Waals surface area contributed by atoms with Crippen LogP contribution in [0, 0.1) is 0 Å². The number of ether oxygens (including phenoxy) is 1. The van der Waals surface area contributed by atoms with Gasteiger partial charge in [-0.25, -0.2) is 4.98 Å². The highest BCUT2D eigenvalue weighted by Crippen LogP contribution is 2.35. The van der Waals surface area contributed by atoms with E-state index in [1.54, 1.807) is 30.6 Å². The maximum absolute atomic E-state index is 12.1. The zero-order valence-corrected chi connectivity index (χ0v) is 19.4. The third-order valence-corrected chi connectivity index (χ3v) is 6.12. The van der Waals surface area contributed by atoms with Crippen molar-refractivity contribution < 1.29 is 9.53 Å². The van der Waals surface area contributed by atoms with Gasteiger partial charge >= 0.3 is 0 Å². The van der Waals surface area contributed by atoms with Gasteiger partial charge in [-0.1, -0.05) is 35.9 Å². The van der Waals surface area contributed by atoms with Crippen LogP contribution >= 0.6 is 35.2 Å². The number of nitrogens with zero attached hydrogens (tertiary/aromatic N) is 1. The van der Waals surface area contributed by atoms with Crippen molar-refractivity contribution in [3.05, 3.63) is 83.4 Å². The molecule has 0 saturated carbocycles. The largest absolute Gasteiger partial charge is 0.497 e. The van der Waals surface area contributed by atoms with Gasteiger partial charge in [-0.2, -0.15) is 0 Å². The van der Waals surface area contributed by atoms with E-state index in [1.165, 1.54) is 6.08 Å². The SMILES string of the molecule is COc1ccc(/C=C/C(=O)NC(=S)Nc2ccc(-c3nc4ccccc4s3)c(Cl)c2)cc1. The number of halogens is 1. The van der Waals surface area contributed by atoms with Crippen LogP contribution in [0.4, 0.5) is 5.69 Å². The van der Waals surface area contributed by atoms with Crippen molar-refractivity contribution in [3.63, 3.8) is 0 Å². The number of anilines is 1. The maximum atomic E-state index is 12.1. The van der Waals surface area contributed by atoms with Gasteiger partial charge in [0.15, 0.2) is 5.11 Å². The van der Waals surface area contributed by atoms with Crippen LogP contribution in [0.3, 0.4) is 0 Å². The monoisotopic (exact) mass is 479 g/mol. The summed E-state index contributed by atoms with van der Waals surface area (Å²) in [6, 6.07) is 20.8. The lowest BCUT2D eigenvalue weighted by molar-refractivity contribution is -0.115. The first kappa shape index (κ1) is 22.0. The molecule has 0 bridgehead atoms. The van der Waals surface area contributed by atoms with Gasteiger partial charge in [-0.15, -0.1) is 11.3 Å². The van der Waals surface area contributed by atoms with E-state index in [4.69, 9.17) is 28.6 Å². The average molecular weight is 480 g/mol. The van der Waals surface area contributed by atoms with Gasteiger partial charge in [0.05, 0.1) is 22.3 Å². The molecule has 32 heavy (non-hydrogen) atoms. The molecule has 0 saturated heterocycles. The summed E-state index contributed by atoms with van der Waals surface area (Å²) in [6.07, 6.45) is 3.11. The molecule has 4 rings (SSSR count). The van der Waals surface area contributed by atoms with Crippen LogP contribution < -0.4 is 15.4 Å². The van der Waals surface area contributed by atoms with Gasteiger partial charge < -0.3 is 10.1 Å². The second-order valence-corrected chi connectivity index (χ2v) is 8.58. The summed E-state index contributed by atoms with van der Waals surface area (Å²) >= 11 is 13.3. The Balaban J connectivity index is 1.38. The minimum absolute atomic E-state index is 0.179. The van der Waals surface area contributed by atoms with E-state index in [0.717, 1.165) is 32.1 Å². The molecular formula is C24H18ClN3O2S2. The number of methoxy groups -OCH3 is 1. The molecule has 3 aromatic carbocycles. The predicted molar refractivity (Wildman–Crippen MR) is 136 cm³/mol. The van der Waals surface area contributed by atoms with E-state index < -0.39 is 0 Å². The molecule has 0 fully saturated rings. The number of hydrogen-bond acceptors (Lipinski definition) is 5. The van der Waals surface area contributed by atoms with Crippen LogP contribution in [0.2, 0.25) is 5.02 Å². The van der Waals surface area contributed by atoms with Crippen molar-refractivity contribution in [2.75, 3.05) is 12.4 Å². The Morgan fingerprint density at radius 1 is 1.12 bits per heavy atom. The minimum Gasteiger partial charge on any atom is -0.497 e. The van der Waals surface area contributed by atoms with Crippen LogP contribution in [0.25, 0.3) is 26.9 Å². The summed E-state index contributed by atoms with van der Waals surface area (Å²) in [6.45, 7) is 0. The number of amides is 1. The summed E-state index contributed by atoms with van der Waals surface area (Å²) in [7, 11) is 1.61. The van der Waals surface area contributed by atoms with Gasteiger partial charge in [0.2, 0.25) is 5.91 Å². The van der Waals surface area contributed by atoms with Crippen molar-refractivity contribution >= 4 is 68.2 Å². The van der Waals surface area contributed by atoms with E-state index in [9.17, 15) is 4.79 Å². The highest BCUT2D eigenvalue weighted by Gasteiger charge is 2.11. The first-order valence-corrected chi connectivity index (χ1v) is 11.2. The quantitative estimate of drug-likeness (QED) is 0.265. The number of para-hydroxylation sites is 1. The number of rotatable bonds is 5. The number of carbonyl (C=O) groups is 1. The Morgan fingerprint density at radius 2 is 1.91 bits per heavy atom. The second kappa shape index (κ2) is 9.91. The van der Waals surface area contributed by atoms with E-state index in [1.807, 2.05) is 60.7 Å². The Morgan fingerprint density at radius 3 is 2.62 bits per heavy atom. The normalized spacial score (nSPS) is 10.9. The molecule has 0 aliphatic rings. The fourth-order valence-corrected chi connectivity index (χ4v) is 4.51. The standard InChI is InChI=1S/C24H18ClN3O2S2/c1-30-17-10-6-15(7-11-17)8-13-22(29)28-24(31)26-16-9-12-18(19(25)14-16)23-27-20-4-2-3-5-21(20)32-23/h2-14H,1H3,(H2,26,28,29,31)/b13-8+. The molecule has 0 atom stereocenters. The summed E-state index contributed by atoms with van der Waals surface area (Å²) in [4.78, 5) is 16.8. The number of thiocarbonyl (C=S) groups is 1. The van der Waals surface area contributed by atoms with Crippen LogP contribution in [-0.4, -0.2) is 23.1 Å². The summed E-state index contributed by atoms with van der Waals surface area (Å²) in [5.41, 5.74) is 3.33. The van der Waals surface area contributed by atoms with Gasteiger partial charge in [0.1, 0.15) is 10.8 Å². The Hall–Kier alpha value is -3.26. The molecule has 5 nitrogen and oxygen atoms in total. The lowest BCUT2D eigenvalue weighted by atomic mass is 10.2. The lowest BCUT2D eigenvalue weighted by Crippen LogP contribution is -2.32. The van der Waals surface area contributed by atoms with Gasteiger partial charge in [-0.3, -0.25) is 10.1 Å². The predicted octanol–water partition coefficient (Wildman–Crippen LogP) is 6.15. The lowest BCUT2D eigenvalue weighted by Gasteiger charge is -2.10. The first-order valence-electron chi connectivity index (χ1n) is 9.61. The Bertz CT molecular complexity index is 1280. The van der Waals surface area contributed by atoms with Crippen molar-refractivity contribution in [2.24, 2.45) is 0 Å². The van der Waals surface area contributed by atoms with Crippen molar-refractivity contribution in [1.82, 2.24) is 10.3 Å². The maximum Gasteiger partial charge on any atom is 0.250 e. The smallest absolute Gasteiger partial charge is 0.250 e. The number of nitrogens with one attached hydrogen (secondary N) is 2. The molecule has 0 radical (unpaired) electrons. The number of carbonyl (C=O) groups excluding carboxylic acids is 1. The van der Waals surface area contributed by atoms with Gasteiger partial charge in [0.25, 0.3) is 0 Å². The van der Waals surface area contributed by atoms with E-state index in [-0.39, 0.29) is 11.0 Å². The van der Waals surface area contributed by atoms with Gasteiger partial charge in [0, 0.05) is 17.3 Å². The topological polar surface area (TPSA) is 63.2 Å². The highest BCUT2D eigenvalue weighted by molar-refractivity contribution is 7.80. The fraction of sp³-hybridized carbons (Fsp3) is 0.0417. The molecule has 4 aromatic rings. The van der Waals surface area contributed by atoms with Crippen molar-refractivity contribution in [3.8, 4) is 16.3 Å². The molecule has 1 aromatic heterocycles. The third-order valence-electron chi connectivity index (χ3n) is 4.53. The van der Waals surface area contributed by atoms with Crippen LogP contribution in [0.5, 0.6) is 5.75 Å². The molecule has 0 spiro atoms. The number of hydrogen-bond donors (Lipinski definition) is 2. The van der Waals surface area contributed by atoms with Crippen molar-refractivity contribution in [2.45, 2.75) is 0 Å². The summed E-state index contributed by atoms with van der Waals surface area (Å²) < 4.78 is 6.22. The van der Waals surface area contributed by atoms with Crippen LogP contribution in [0.15, 0.2) is 72.8 Å². The molecule has 0 aliphatic heterocycles. The van der Waals surface area contributed by atoms with E-state index in [0.29, 0.717) is 10.7 Å². The molecule has 0 aliphatic carbocycles. The number of aromatic nitrogens is 1. The van der Waals surface area contributed by atoms with Crippen LogP contribution in [0.1, 0.15) is 5.56 Å². The van der Waals surface area contributed by atoms with Gasteiger partial charge in [-0.05, 0) is 66.3 Å². The van der Waals surface area contributed by atoms with E-state index >= 15 is 0 Å². The highest BCUT2D eigenvalue weighted by atomic mass is 35.5. The second-order valence-electron chi connectivity index (χ2n) is 6.73. The molecule has 8 heteroatoms. The molecule has 0 unspecified atom stereocenters. The van der Waals surface area contributed by atoms with Crippen LogP contribution in [-0.2, 0) is 4.79 Å². The Labute approximate surface area is 199 Å². The number of fused-ring (bicyclic) bond motifs is 1. The Kier molecular flexibility index (Phi) is 6.80. The minimum atomic E-state index is -0.337. The number of benzene rings is 3. The zero-order valence-electron chi connectivity index (χ0n) is 17.0. The average Bonchev–Trinajstić information content (AvgIpc) is 3.22. The fourth-order valence-electron chi connectivity index (χ4n) is 2.96. The van der Waals surface area contributed by atoms with Crippen molar-refractivity contribution in [1.29, 1.82) is 0 Å². The summed E-state index contributed by atoms with van der Waals surface area (Å²) in [5, 5.41) is 7.17.